The van der Waals surface area contributed by atoms with Crippen molar-refractivity contribution in [3.05, 3.63) is 24.3 Å². The van der Waals surface area contributed by atoms with Gasteiger partial charge in [-0.1, -0.05) is 25.0 Å². The highest BCUT2D eigenvalue weighted by molar-refractivity contribution is 6.39. The molecular weight excluding hydrogens is 306 g/mol. The molecule has 0 bridgehead atoms. The summed E-state index contributed by atoms with van der Waals surface area (Å²) in [7, 11) is 1.53. The molecule has 1 heterocycles. The lowest BCUT2D eigenvalue weighted by atomic mass is 10.2. The maximum atomic E-state index is 12.1. The lowest BCUT2D eigenvalue weighted by molar-refractivity contribution is -0.136. The smallest absolute Gasteiger partial charge is 0.313 e. The first-order chi connectivity index (χ1) is 11.7. The van der Waals surface area contributed by atoms with Gasteiger partial charge in [0.15, 0.2) is 0 Å². The summed E-state index contributed by atoms with van der Waals surface area (Å²) in [6.45, 7) is 1.85. The molecule has 0 radical (unpaired) electrons. The van der Waals surface area contributed by atoms with Gasteiger partial charge in [0.2, 0.25) is 0 Å². The van der Waals surface area contributed by atoms with Crippen LogP contribution >= 0.6 is 0 Å². The van der Waals surface area contributed by atoms with Gasteiger partial charge in [0.25, 0.3) is 0 Å². The van der Waals surface area contributed by atoms with Crippen LogP contribution in [0.15, 0.2) is 24.3 Å². The zero-order valence-electron chi connectivity index (χ0n) is 14.1. The van der Waals surface area contributed by atoms with Crippen molar-refractivity contribution in [1.29, 1.82) is 0 Å². The highest BCUT2D eigenvalue weighted by Gasteiger charge is 2.31. The normalized spacial score (nSPS) is 21.6. The van der Waals surface area contributed by atoms with Crippen molar-refractivity contribution in [1.82, 2.24) is 10.2 Å². The number of benzene rings is 1. The zero-order valence-corrected chi connectivity index (χ0v) is 14.1. The number of carbonyl (C=O) groups excluding carboxylic acids is 2. The molecule has 1 saturated heterocycles. The molecule has 2 fully saturated rings. The second-order valence-electron chi connectivity index (χ2n) is 6.55. The van der Waals surface area contributed by atoms with Gasteiger partial charge in [-0.25, -0.2) is 0 Å². The Labute approximate surface area is 142 Å². The quantitative estimate of drug-likeness (QED) is 0.825. The van der Waals surface area contributed by atoms with Crippen molar-refractivity contribution in [3.8, 4) is 5.75 Å². The predicted octanol–water partition coefficient (Wildman–Crippen LogP) is 1.77. The van der Waals surface area contributed by atoms with Crippen LogP contribution in [0.4, 0.5) is 5.69 Å². The van der Waals surface area contributed by atoms with Gasteiger partial charge < -0.3 is 15.4 Å². The van der Waals surface area contributed by atoms with E-state index in [1.165, 1.54) is 32.8 Å². The van der Waals surface area contributed by atoms with E-state index in [2.05, 4.69) is 15.5 Å². The zero-order chi connectivity index (χ0) is 16.9. The SMILES string of the molecule is COc1ccccc1NC(=O)C(=O)N[C@H]1CCN(C2CCCC2)C1. The van der Waals surface area contributed by atoms with Crippen molar-refractivity contribution in [2.24, 2.45) is 0 Å². The Bertz CT molecular complexity index is 599. The van der Waals surface area contributed by atoms with Crippen LogP contribution in [-0.2, 0) is 9.59 Å². The molecule has 1 aromatic rings. The van der Waals surface area contributed by atoms with Crippen LogP contribution in [0.25, 0.3) is 0 Å². The van der Waals surface area contributed by atoms with E-state index in [0.717, 1.165) is 19.5 Å². The van der Waals surface area contributed by atoms with Crippen molar-refractivity contribution in [2.75, 3.05) is 25.5 Å². The Morgan fingerprint density at radius 1 is 1.12 bits per heavy atom. The second-order valence-corrected chi connectivity index (χ2v) is 6.55. The minimum absolute atomic E-state index is 0.0570. The predicted molar refractivity (Wildman–Crippen MR) is 92.0 cm³/mol. The Balaban J connectivity index is 1.50. The molecule has 1 aliphatic heterocycles. The van der Waals surface area contributed by atoms with Gasteiger partial charge >= 0.3 is 11.8 Å². The van der Waals surface area contributed by atoms with Gasteiger partial charge in [-0.2, -0.15) is 0 Å². The number of hydrogen-bond donors (Lipinski definition) is 2. The summed E-state index contributed by atoms with van der Waals surface area (Å²) < 4.78 is 5.18. The number of carbonyl (C=O) groups is 2. The average molecular weight is 331 g/mol. The van der Waals surface area contributed by atoms with Crippen LogP contribution in [0, 0.1) is 0 Å². The van der Waals surface area contributed by atoms with Crippen LogP contribution < -0.4 is 15.4 Å². The molecule has 6 heteroatoms. The number of rotatable bonds is 4. The Hall–Kier alpha value is -2.08. The van der Waals surface area contributed by atoms with Gasteiger partial charge in [-0.3, -0.25) is 14.5 Å². The van der Waals surface area contributed by atoms with E-state index < -0.39 is 11.8 Å². The third-order valence-corrected chi connectivity index (χ3v) is 4.96. The largest absolute Gasteiger partial charge is 0.495 e. The van der Waals surface area contributed by atoms with E-state index in [-0.39, 0.29) is 6.04 Å². The van der Waals surface area contributed by atoms with Crippen LogP contribution in [0.2, 0.25) is 0 Å². The summed E-state index contributed by atoms with van der Waals surface area (Å²) in [6, 6.07) is 7.76. The Morgan fingerprint density at radius 3 is 2.62 bits per heavy atom. The fourth-order valence-electron chi connectivity index (χ4n) is 3.68. The Kier molecular flexibility index (Phi) is 5.35. The van der Waals surface area contributed by atoms with Crippen LogP contribution in [0.5, 0.6) is 5.75 Å². The minimum atomic E-state index is -0.654. The molecule has 2 amide bonds. The highest BCUT2D eigenvalue weighted by Crippen LogP contribution is 2.26. The van der Waals surface area contributed by atoms with Gasteiger partial charge in [0, 0.05) is 25.2 Å². The Morgan fingerprint density at radius 2 is 1.88 bits per heavy atom. The molecule has 1 saturated carbocycles. The summed E-state index contributed by atoms with van der Waals surface area (Å²) >= 11 is 0. The number of methoxy groups -OCH3 is 1. The van der Waals surface area contributed by atoms with Crippen LogP contribution in [-0.4, -0.2) is 49.0 Å². The maximum Gasteiger partial charge on any atom is 0.313 e. The van der Waals surface area contributed by atoms with Crippen molar-refractivity contribution in [2.45, 2.75) is 44.2 Å². The number of ether oxygens (including phenoxy) is 1. The molecule has 1 aromatic carbocycles. The number of nitrogens with one attached hydrogen (secondary N) is 2. The third-order valence-electron chi connectivity index (χ3n) is 4.96. The molecule has 0 spiro atoms. The highest BCUT2D eigenvalue weighted by atomic mass is 16.5. The van der Waals surface area contributed by atoms with Crippen LogP contribution in [0.1, 0.15) is 32.1 Å². The number of anilines is 1. The van der Waals surface area contributed by atoms with Crippen molar-refractivity contribution < 1.29 is 14.3 Å². The molecule has 3 rings (SSSR count). The van der Waals surface area contributed by atoms with E-state index in [0.29, 0.717) is 17.5 Å². The standard InChI is InChI=1S/C18H25N3O3/c1-24-16-9-5-4-8-15(16)20-18(23)17(22)19-13-10-11-21(12-13)14-6-2-3-7-14/h4-5,8-9,13-14H,2-3,6-7,10-12H2,1H3,(H,19,22)(H,20,23)/t13-/m0/s1. The van der Waals surface area contributed by atoms with Crippen molar-refractivity contribution in [3.63, 3.8) is 0 Å². The molecule has 6 nitrogen and oxygen atoms in total. The third kappa shape index (κ3) is 3.87. The van der Waals surface area contributed by atoms with E-state index in [1.807, 2.05) is 6.07 Å². The van der Waals surface area contributed by atoms with Gasteiger partial charge in [0.1, 0.15) is 5.75 Å². The summed E-state index contributed by atoms with van der Waals surface area (Å²) in [4.78, 5) is 26.7. The number of nitrogens with zero attached hydrogens (tertiary/aromatic N) is 1. The van der Waals surface area contributed by atoms with Gasteiger partial charge in [-0.15, -0.1) is 0 Å². The minimum Gasteiger partial charge on any atom is -0.495 e. The summed E-state index contributed by atoms with van der Waals surface area (Å²) in [5.41, 5.74) is 0.499. The fraction of sp³-hybridized carbons (Fsp3) is 0.556. The molecule has 24 heavy (non-hydrogen) atoms. The molecule has 2 N–H and O–H groups in total. The molecule has 2 aliphatic rings. The average Bonchev–Trinajstić information content (AvgIpc) is 3.26. The number of likely N-dealkylation sites (tertiary alicyclic amines) is 1. The molecular formula is C18H25N3O3. The first-order valence-corrected chi connectivity index (χ1v) is 8.66. The fourth-order valence-corrected chi connectivity index (χ4v) is 3.68. The lowest BCUT2D eigenvalue weighted by Gasteiger charge is -2.23. The van der Waals surface area contributed by atoms with E-state index >= 15 is 0 Å². The topological polar surface area (TPSA) is 70.7 Å². The van der Waals surface area contributed by atoms with Gasteiger partial charge in [-0.05, 0) is 31.4 Å². The second kappa shape index (κ2) is 7.66. The number of amides is 2. The summed E-state index contributed by atoms with van der Waals surface area (Å²) in [5, 5.41) is 5.47. The number of para-hydroxylation sites is 2. The van der Waals surface area contributed by atoms with E-state index in [1.54, 1.807) is 18.2 Å². The first-order valence-electron chi connectivity index (χ1n) is 8.66. The molecule has 1 atom stereocenters. The monoisotopic (exact) mass is 331 g/mol. The van der Waals surface area contributed by atoms with Crippen LogP contribution in [0.3, 0.4) is 0 Å². The van der Waals surface area contributed by atoms with Gasteiger partial charge in [0.05, 0.1) is 12.8 Å². The molecule has 130 valence electrons. The maximum absolute atomic E-state index is 12.1. The number of hydrogen-bond acceptors (Lipinski definition) is 4. The lowest BCUT2D eigenvalue weighted by Crippen LogP contribution is -2.43. The summed E-state index contributed by atoms with van der Waals surface area (Å²) in [6.07, 6.45) is 6.03. The molecule has 0 unspecified atom stereocenters. The van der Waals surface area contributed by atoms with Crippen molar-refractivity contribution >= 4 is 17.5 Å². The summed E-state index contributed by atoms with van der Waals surface area (Å²) in [5.74, 6) is -0.704. The molecule has 1 aliphatic carbocycles. The molecule has 0 aromatic heterocycles. The van der Waals surface area contributed by atoms with E-state index in [4.69, 9.17) is 4.74 Å². The van der Waals surface area contributed by atoms with E-state index in [9.17, 15) is 9.59 Å². The first kappa shape index (κ1) is 16.8.